The van der Waals surface area contributed by atoms with Gasteiger partial charge in [0.05, 0.1) is 0 Å². The Kier molecular flexibility index (Phi) is 5.91. The highest BCUT2D eigenvalue weighted by atomic mass is 19.2. The molecule has 2 nitrogen and oxygen atoms in total. The normalized spacial score (nSPS) is 11.4. The summed E-state index contributed by atoms with van der Waals surface area (Å²) in [6.07, 6.45) is 0. The van der Waals surface area contributed by atoms with E-state index in [2.05, 4.69) is 0 Å². The molecule has 0 aliphatic carbocycles. The van der Waals surface area contributed by atoms with Crippen LogP contribution in [0.25, 0.3) is 54.9 Å². The number of rotatable bonds is 3. The van der Waals surface area contributed by atoms with Crippen LogP contribution in [0.4, 0.5) is 26.3 Å². The third-order valence-electron chi connectivity index (χ3n) is 6.88. The highest BCUT2D eigenvalue weighted by Gasteiger charge is 2.19. The number of hydrogen-bond acceptors (Lipinski definition) is 2. The molecule has 8 heteroatoms. The first kappa shape index (κ1) is 25.3. The second kappa shape index (κ2) is 9.34. The van der Waals surface area contributed by atoms with Gasteiger partial charge in [-0.1, -0.05) is 36.4 Å². The first-order valence-electron chi connectivity index (χ1n) is 11.9. The van der Waals surface area contributed by atoms with Crippen molar-refractivity contribution in [2.75, 3.05) is 0 Å². The monoisotopic (exact) mass is 546 g/mol. The van der Waals surface area contributed by atoms with Crippen molar-refractivity contribution in [3.05, 3.63) is 120 Å². The molecule has 0 aliphatic rings. The summed E-state index contributed by atoms with van der Waals surface area (Å²) in [5.74, 6) is -8.76. The van der Waals surface area contributed by atoms with Crippen LogP contribution in [0.3, 0.4) is 0 Å². The summed E-state index contributed by atoms with van der Waals surface area (Å²) < 4.78 is 82.2. The molecule has 0 radical (unpaired) electrons. The van der Waals surface area contributed by atoms with Crippen LogP contribution in [0.2, 0.25) is 0 Å². The molecular weight excluding hydrogens is 530 g/mol. The quantitative estimate of drug-likeness (QED) is 0.172. The topological polar surface area (TPSA) is 40.5 Å². The molecule has 6 aromatic rings. The molecule has 0 saturated heterocycles. The minimum Gasteiger partial charge on any atom is -0.507 e. The van der Waals surface area contributed by atoms with Crippen molar-refractivity contribution in [3.63, 3.8) is 0 Å². The van der Waals surface area contributed by atoms with Crippen molar-refractivity contribution in [1.82, 2.24) is 0 Å². The summed E-state index contributed by atoms with van der Waals surface area (Å²) in [5.41, 5.74) is 1.56. The van der Waals surface area contributed by atoms with E-state index >= 15 is 0 Å². The average molecular weight is 546 g/mol. The SMILES string of the molecule is Oc1ccc2cc(-c3cc(F)c(F)c(F)c3)ccc2c1-c1c(O)ccc2cc(-c3cc(F)c(F)c(F)c3)ccc12. The number of phenolic OH excluding ortho intramolecular Hbond substituents is 2. The summed E-state index contributed by atoms with van der Waals surface area (Å²) in [7, 11) is 0. The lowest BCUT2D eigenvalue weighted by Crippen LogP contribution is -1.93. The predicted molar refractivity (Wildman–Crippen MR) is 141 cm³/mol. The number of phenols is 2. The molecule has 0 fully saturated rings. The van der Waals surface area contributed by atoms with Crippen LogP contribution in [0, 0.1) is 34.9 Å². The smallest absolute Gasteiger partial charge is 0.194 e. The van der Waals surface area contributed by atoms with Gasteiger partial charge < -0.3 is 10.2 Å². The molecule has 0 spiro atoms. The van der Waals surface area contributed by atoms with Gasteiger partial charge in [-0.2, -0.15) is 0 Å². The molecule has 198 valence electrons. The minimum absolute atomic E-state index is 0.113. The van der Waals surface area contributed by atoms with E-state index in [4.69, 9.17) is 0 Å². The van der Waals surface area contributed by atoms with Crippen molar-refractivity contribution in [2.45, 2.75) is 0 Å². The molecule has 40 heavy (non-hydrogen) atoms. The van der Waals surface area contributed by atoms with Gasteiger partial charge in [0.2, 0.25) is 0 Å². The molecule has 0 atom stereocenters. The maximum absolute atomic E-state index is 13.8. The van der Waals surface area contributed by atoms with E-state index in [-0.39, 0.29) is 33.8 Å². The molecule has 2 N–H and O–H groups in total. The van der Waals surface area contributed by atoms with E-state index in [1.807, 2.05) is 0 Å². The molecule has 0 bridgehead atoms. The Balaban J connectivity index is 1.53. The third-order valence-corrected chi connectivity index (χ3v) is 6.88. The standard InChI is InChI=1S/C32H16F6O2/c33-23-11-19(12-24(34)31(23)37)15-1-5-21-17(9-15)3-7-27(39)29(21)30-22-6-2-16(10-18(22)4-8-28(30)40)20-13-25(35)32(38)26(36)14-20/h1-14,39-40H. The second-order valence-corrected chi connectivity index (χ2v) is 9.30. The molecule has 0 saturated carbocycles. The van der Waals surface area contributed by atoms with Crippen molar-refractivity contribution in [3.8, 4) is 44.9 Å². The number of fused-ring (bicyclic) bond motifs is 2. The Hall–Kier alpha value is -4.98. The van der Waals surface area contributed by atoms with Crippen LogP contribution in [0.15, 0.2) is 84.9 Å². The average Bonchev–Trinajstić information content (AvgIpc) is 2.94. The maximum Gasteiger partial charge on any atom is 0.194 e. The van der Waals surface area contributed by atoms with Crippen LogP contribution in [0.5, 0.6) is 11.5 Å². The molecule has 0 unspecified atom stereocenters. The Morgan fingerprint density at radius 3 is 1.07 bits per heavy atom. The fourth-order valence-electron chi connectivity index (χ4n) is 4.97. The van der Waals surface area contributed by atoms with Crippen molar-refractivity contribution >= 4 is 21.5 Å². The van der Waals surface area contributed by atoms with Crippen LogP contribution in [-0.2, 0) is 0 Å². The van der Waals surface area contributed by atoms with E-state index in [0.717, 1.165) is 24.3 Å². The van der Waals surface area contributed by atoms with Gasteiger partial charge in [0.1, 0.15) is 11.5 Å². The number of aromatic hydroxyl groups is 2. The first-order chi connectivity index (χ1) is 19.1. The molecule has 0 heterocycles. The Morgan fingerprint density at radius 1 is 0.375 bits per heavy atom. The van der Waals surface area contributed by atoms with E-state index in [0.29, 0.717) is 32.7 Å². The molecule has 0 amide bonds. The van der Waals surface area contributed by atoms with Crippen LogP contribution in [-0.4, -0.2) is 10.2 Å². The number of halogens is 6. The summed E-state index contributed by atoms with van der Waals surface area (Å²) in [4.78, 5) is 0. The van der Waals surface area contributed by atoms with E-state index in [1.54, 1.807) is 48.5 Å². The molecule has 0 aromatic heterocycles. The van der Waals surface area contributed by atoms with Gasteiger partial charge in [0.25, 0.3) is 0 Å². The fourth-order valence-corrected chi connectivity index (χ4v) is 4.97. The van der Waals surface area contributed by atoms with Gasteiger partial charge in [0.15, 0.2) is 34.9 Å². The Bertz CT molecular complexity index is 1810. The summed E-state index contributed by atoms with van der Waals surface area (Å²) >= 11 is 0. The predicted octanol–water partition coefficient (Wildman–Crippen LogP) is 9.24. The van der Waals surface area contributed by atoms with E-state index in [9.17, 15) is 36.6 Å². The Labute approximate surface area is 223 Å². The lowest BCUT2D eigenvalue weighted by molar-refractivity contribution is 0.447. The van der Waals surface area contributed by atoms with Crippen LogP contribution < -0.4 is 0 Å². The van der Waals surface area contributed by atoms with Crippen molar-refractivity contribution in [1.29, 1.82) is 0 Å². The number of hydrogen-bond donors (Lipinski definition) is 2. The molecular formula is C32H16F6O2. The van der Waals surface area contributed by atoms with Crippen LogP contribution >= 0.6 is 0 Å². The Morgan fingerprint density at radius 2 is 0.725 bits per heavy atom. The fraction of sp³-hybridized carbons (Fsp3) is 0. The molecule has 0 aliphatic heterocycles. The zero-order valence-electron chi connectivity index (χ0n) is 20.2. The van der Waals surface area contributed by atoms with E-state index in [1.165, 1.54) is 12.1 Å². The highest BCUT2D eigenvalue weighted by molar-refractivity contribution is 6.10. The molecule has 6 aromatic carbocycles. The van der Waals surface area contributed by atoms with Gasteiger partial charge in [-0.25, -0.2) is 26.3 Å². The van der Waals surface area contributed by atoms with Gasteiger partial charge in [-0.3, -0.25) is 0 Å². The van der Waals surface area contributed by atoms with Gasteiger partial charge in [0, 0.05) is 11.1 Å². The summed E-state index contributed by atoms with van der Waals surface area (Å²) in [6, 6.07) is 19.1. The molecule has 6 rings (SSSR count). The number of benzene rings is 6. The van der Waals surface area contributed by atoms with Crippen molar-refractivity contribution < 1.29 is 36.6 Å². The van der Waals surface area contributed by atoms with Gasteiger partial charge >= 0.3 is 0 Å². The van der Waals surface area contributed by atoms with E-state index < -0.39 is 34.9 Å². The van der Waals surface area contributed by atoms with Crippen LogP contribution in [0.1, 0.15) is 0 Å². The van der Waals surface area contributed by atoms with Crippen molar-refractivity contribution in [2.24, 2.45) is 0 Å². The maximum atomic E-state index is 13.8. The largest absolute Gasteiger partial charge is 0.507 e. The lowest BCUT2D eigenvalue weighted by atomic mass is 9.90. The zero-order chi connectivity index (χ0) is 28.3. The highest BCUT2D eigenvalue weighted by Crippen LogP contribution is 2.45. The lowest BCUT2D eigenvalue weighted by Gasteiger charge is -2.16. The third kappa shape index (κ3) is 4.09. The summed E-state index contributed by atoms with van der Waals surface area (Å²) in [5, 5.41) is 23.9. The van der Waals surface area contributed by atoms with Gasteiger partial charge in [-0.05, 0) is 92.3 Å². The first-order valence-corrected chi connectivity index (χ1v) is 11.9. The van der Waals surface area contributed by atoms with Gasteiger partial charge in [-0.15, -0.1) is 0 Å². The minimum atomic E-state index is -1.57. The zero-order valence-corrected chi connectivity index (χ0v) is 20.2. The second-order valence-electron chi connectivity index (χ2n) is 9.30. The summed E-state index contributed by atoms with van der Waals surface area (Å²) in [6.45, 7) is 0.